The maximum atomic E-state index is 5.52. The number of fused-ring (bicyclic) bond motifs is 7. The second-order valence-corrected chi connectivity index (χ2v) is 16.1. The average Bonchev–Trinajstić information content (AvgIpc) is 3.76. The molecule has 2 heterocycles. The number of aliphatic imine (C=N–C) groups is 2. The van der Waals surface area contributed by atoms with Gasteiger partial charge in [-0.2, -0.15) is 0 Å². The second-order valence-electron chi connectivity index (χ2n) is 15.0. The van der Waals surface area contributed by atoms with Gasteiger partial charge in [-0.25, -0.2) is 0 Å². The molecule has 0 bridgehead atoms. The van der Waals surface area contributed by atoms with Crippen LogP contribution in [0.1, 0.15) is 52.6 Å². The van der Waals surface area contributed by atoms with Gasteiger partial charge in [-0.15, -0.1) is 0 Å². The van der Waals surface area contributed by atoms with Gasteiger partial charge >= 0.3 is 0 Å². The highest BCUT2D eigenvalue weighted by Gasteiger charge is 2.28. The molecule has 1 aliphatic heterocycles. The van der Waals surface area contributed by atoms with Gasteiger partial charge in [0, 0.05) is 38.1 Å². The number of aromatic nitrogens is 1. The van der Waals surface area contributed by atoms with E-state index in [9.17, 15) is 0 Å². The van der Waals surface area contributed by atoms with Crippen LogP contribution in [0.3, 0.4) is 0 Å². The highest BCUT2D eigenvalue weighted by atomic mass is 32.2. The molecule has 0 saturated carbocycles. The maximum absolute atomic E-state index is 5.52. The van der Waals surface area contributed by atoms with Gasteiger partial charge in [0.25, 0.3) is 0 Å². The van der Waals surface area contributed by atoms with Crippen LogP contribution >= 0.6 is 11.8 Å². The minimum atomic E-state index is 0.381. The zero-order valence-corrected chi connectivity index (χ0v) is 32.7. The number of para-hydroxylation sites is 1. The van der Waals surface area contributed by atoms with Gasteiger partial charge in [0.05, 0.1) is 27.3 Å². The van der Waals surface area contributed by atoms with Gasteiger partial charge in [0.1, 0.15) is 6.67 Å². The fraction of sp³-hybridized carbons (Fsp3) is 0.115. The Balaban J connectivity index is 1.13. The van der Waals surface area contributed by atoms with Crippen LogP contribution in [0.25, 0.3) is 54.6 Å². The molecule has 0 saturated heterocycles. The first-order chi connectivity index (χ1) is 27.5. The van der Waals surface area contributed by atoms with E-state index in [0.717, 1.165) is 33.9 Å². The van der Waals surface area contributed by atoms with Crippen LogP contribution in [0.5, 0.6) is 0 Å². The topological polar surface area (TPSA) is 29.6 Å². The summed E-state index contributed by atoms with van der Waals surface area (Å²) in [6, 6.07) is 50.5. The molecule has 10 rings (SSSR count). The molecular formula is C52H41N3S. The largest absolute Gasteiger partial charge is 0.320 e. The summed E-state index contributed by atoms with van der Waals surface area (Å²) >= 11 is 1.74. The third-order valence-corrected chi connectivity index (χ3v) is 13.2. The molecule has 7 aromatic carbocycles. The summed E-state index contributed by atoms with van der Waals surface area (Å²) in [5.74, 6) is 0.381. The van der Waals surface area contributed by atoms with Crippen molar-refractivity contribution in [3.05, 3.63) is 196 Å². The standard InChI is InChI=1S/C52H41N3S/c1-32-14-5-8-17-38(32)39-20-13-21-40(33(39)2)41-26-28-44-42(34(41)3)27-29-45-43-18-9-11-22-47(43)55(51(44)45)31-54-50-46-19-10-12-23-48(46)56-52(50)49(53-4)37-25-24-35-15-6-7-16-36(35)30-37/h5-19,21-30,39H,4,20,31H2,1-3H3/b52-49+,54-50-. The first-order valence-corrected chi connectivity index (χ1v) is 20.2. The molecule has 0 fully saturated rings. The molecule has 1 aliphatic carbocycles. The van der Waals surface area contributed by atoms with Crippen molar-refractivity contribution in [1.82, 2.24) is 4.57 Å². The van der Waals surface area contributed by atoms with Crippen LogP contribution in [0, 0.1) is 13.8 Å². The van der Waals surface area contributed by atoms with Gasteiger partial charge in [0.2, 0.25) is 0 Å². The normalized spacial score (nSPS) is 17.1. The highest BCUT2D eigenvalue weighted by molar-refractivity contribution is 8.05. The summed E-state index contributed by atoms with van der Waals surface area (Å²) in [5.41, 5.74) is 14.5. The van der Waals surface area contributed by atoms with Crippen molar-refractivity contribution in [1.29, 1.82) is 0 Å². The lowest BCUT2D eigenvalue weighted by Crippen LogP contribution is -2.07. The number of nitrogens with zero attached hydrogens (tertiary/aromatic N) is 3. The lowest BCUT2D eigenvalue weighted by molar-refractivity contribution is 0.794. The molecule has 56 heavy (non-hydrogen) atoms. The van der Waals surface area contributed by atoms with E-state index in [-0.39, 0.29) is 0 Å². The number of rotatable bonds is 6. The Hall–Kier alpha value is -6.23. The minimum absolute atomic E-state index is 0.381. The summed E-state index contributed by atoms with van der Waals surface area (Å²) in [6.45, 7) is 11.4. The van der Waals surface area contributed by atoms with E-state index in [1.54, 1.807) is 11.8 Å². The van der Waals surface area contributed by atoms with Crippen molar-refractivity contribution >= 4 is 78.8 Å². The Kier molecular flexibility index (Phi) is 8.45. The molecule has 0 amide bonds. The van der Waals surface area contributed by atoms with Crippen LogP contribution in [0.4, 0.5) is 0 Å². The Bertz CT molecular complexity index is 3060. The van der Waals surface area contributed by atoms with Crippen molar-refractivity contribution in [3.8, 4) is 0 Å². The van der Waals surface area contributed by atoms with E-state index in [1.807, 2.05) is 0 Å². The van der Waals surface area contributed by atoms with Gasteiger partial charge in [0.15, 0.2) is 0 Å². The summed E-state index contributed by atoms with van der Waals surface area (Å²) in [5, 5.41) is 7.39. The van der Waals surface area contributed by atoms with E-state index in [0.29, 0.717) is 12.6 Å². The van der Waals surface area contributed by atoms with Crippen molar-refractivity contribution in [2.24, 2.45) is 9.98 Å². The number of aryl methyl sites for hydroxylation is 2. The van der Waals surface area contributed by atoms with Gasteiger partial charge in [-0.05, 0) is 96.1 Å². The predicted molar refractivity (Wildman–Crippen MR) is 241 cm³/mol. The molecule has 8 aromatic rings. The highest BCUT2D eigenvalue weighted by Crippen LogP contribution is 2.46. The van der Waals surface area contributed by atoms with E-state index in [2.05, 4.69) is 189 Å². The summed E-state index contributed by atoms with van der Waals surface area (Å²) in [4.78, 5) is 12.4. The molecule has 270 valence electrons. The molecule has 3 nitrogen and oxygen atoms in total. The molecule has 2 aliphatic rings. The molecule has 4 heteroatoms. The SMILES string of the molecule is C=N/C(=C1/Sc2ccccc2/C1=N/Cn1c2ccccc2c2ccc3c(C)c(C4=C(C)C(c5ccccc5C)CC=C4)ccc3c21)c1ccc2ccccc2c1. The van der Waals surface area contributed by atoms with Gasteiger partial charge in [-0.1, -0.05) is 151 Å². The van der Waals surface area contributed by atoms with Crippen molar-refractivity contribution in [3.63, 3.8) is 0 Å². The lowest BCUT2D eigenvalue weighted by atomic mass is 9.78. The predicted octanol–water partition coefficient (Wildman–Crippen LogP) is 13.9. The summed E-state index contributed by atoms with van der Waals surface area (Å²) in [7, 11) is 0. The number of allylic oxidation sites excluding steroid dienone is 5. The van der Waals surface area contributed by atoms with Gasteiger partial charge in [-0.3, -0.25) is 9.98 Å². The molecule has 1 atom stereocenters. The monoisotopic (exact) mass is 739 g/mol. The van der Waals surface area contributed by atoms with Crippen LogP contribution in [-0.4, -0.2) is 17.0 Å². The average molecular weight is 740 g/mol. The third-order valence-electron chi connectivity index (χ3n) is 12.0. The molecule has 1 unspecified atom stereocenters. The zero-order chi connectivity index (χ0) is 37.9. The Morgan fingerprint density at radius 1 is 0.714 bits per heavy atom. The number of hydrogen-bond donors (Lipinski definition) is 0. The fourth-order valence-corrected chi connectivity index (χ4v) is 10.3. The second kappa shape index (κ2) is 13.8. The summed E-state index contributed by atoms with van der Waals surface area (Å²) < 4.78 is 2.42. The maximum Gasteiger partial charge on any atom is 0.115 e. The Labute approximate surface area is 332 Å². The molecule has 0 spiro atoms. The van der Waals surface area contributed by atoms with E-state index < -0.39 is 0 Å². The number of hydrogen-bond acceptors (Lipinski definition) is 3. The van der Waals surface area contributed by atoms with Crippen molar-refractivity contribution in [2.75, 3.05) is 0 Å². The van der Waals surface area contributed by atoms with Gasteiger partial charge < -0.3 is 4.57 Å². The molecule has 0 radical (unpaired) electrons. The number of benzene rings is 7. The molecule has 0 N–H and O–H groups in total. The lowest BCUT2D eigenvalue weighted by Gasteiger charge is -2.26. The van der Waals surface area contributed by atoms with E-state index in [1.165, 1.54) is 81.6 Å². The van der Waals surface area contributed by atoms with Crippen molar-refractivity contribution < 1.29 is 0 Å². The smallest absolute Gasteiger partial charge is 0.115 e. The van der Waals surface area contributed by atoms with Crippen LogP contribution in [0.2, 0.25) is 0 Å². The van der Waals surface area contributed by atoms with Crippen LogP contribution in [-0.2, 0) is 6.67 Å². The fourth-order valence-electron chi connectivity index (χ4n) is 9.12. The van der Waals surface area contributed by atoms with Crippen LogP contribution in [0.15, 0.2) is 177 Å². The first-order valence-electron chi connectivity index (χ1n) is 19.4. The third kappa shape index (κ3) is 5.51. The minimum Gasteiger partial charge on any atom is -0.320 e. The Morgan fingerprint density at radius 2 is 1.45 bits per heavy atom. The van der Waals surface area contributed by atoms with Crippen molar-refractivity contribution in [2.45, 2.75) is 44.7 Å². The zero-order valence-electron chi connectivity index (χ0n) is 31.9. The Morgan fingerprint density at radius 3 is 2.32 bits per heavy atom. The molecular weight excluding hydrogens is 699 g/mol. The number of thioether (sulfide) groups is 1. The van der Waals surface area contributed by atoms with E-state index in [4.69, 9.17) is 4.99 Å². The summed E-state index contributed by atoms with van der Waals surface area (Å²) in [6.07, 6.45) is 5.73. The quantitative estimate of drug-likeness (QED) is 0.156. The first kappa shape index (κ1) is 34.3. The molecule has 1 aromatic heterocycles. The van der Waals surface area contributed by atoms with E-state index >= 15 is 0 Å². The van der Waals surface area contributed by atoms with Crippen LogP contribution < -0.4 is 0 Å².